The molecule has 0 amide bonds. The minimum atomic E-state index is 0.500. The Balaban J connectivity index is 1.76. The van der Waals surface area contributed by atoms with Gasteiger partial charge in [-0.1, -0.05) is 20.8 Å². The van der Waals surface area contributed by atoms with Crippen LogP contribution in [0.25, 0.3) is 0 Å². The Morgan fingerprint density at radius 3 is 2.61 bits per heavy atom. The Morgan fingerprint density at radius 2 is 1.94 bits per heavy atom. The molecule has 0 aromatic rings. The molecule has 2 heteroatoms. The first kappa shape index (κ1) is 14.3. The number of hydrogen-bond acceptors (Lipinski definition) is 2. The van der Waals surface area contributed by atoms with Crippen LogP contribution in [0.15, 0.2) is 0 Å². The van der Waals surface area contributed by atoms with Gasteiger partial charge in [-0.05, 0) is 69.0 Å². The Morgan fingerprint density at radius 1 is 1.17 bits per heavy atom. The van der Waals surface area contributed by atoms with E-state index in [4.69, 9.17) is 0 Å². The predicted octanol–water partition coefficient (Wildman–Crippen LogP) is 3.28. The Hall–Kier alpha value is -0.0800. The highest BCUT2D eigenvalue weighted by atomic mass is 15.1. The van der Waals surface area contributed by atoms with Crippen LogP contribution in [0.5, 0.6) is 0 Å². The van der Waals surface area contributed by atoms with Gasteiger partial charge in [0.25, 0.3) is 0 Å². The van der Waals surface area contributed by atoms with Crippen LogP contribution in [0.4, 0.5) is 0 Å². The molecule has 0 aromatic carbocycles. The van der Waals surface area contributed by atoms with E-state index in [0.717, 1.165) is 0 Å². The summed E-state index contributed by atoms with van der Waals surface area (Å²) in [5.41, 5.74) is 1.12. The summed E-state index contributed by atoms with van der Waals surface area (Å²) in [7, 11) is 0. The summed E-state index contributed by atoms with van der Waals surface area (Å²) in [5, 5.41) is 3.62. The van der Waals surface area contributed by atoms with Crippen LogP contribution in [0.3, 0.4) is 0 Å². The van der Waals surface area contributed by atoms with E-state index < -0.39 is 0 Å². The maximum absolute atomic E-state index is 3.62. The van der Waals surface area contributed by atoms with Crippen molar-refractivity contribution in [1.29, 1.82) is 0 Å². The van der Waals surface area contributed by atoms with E-state index in [0.29, 0.717) is 10.8 Å². The standard InChI is InChI=1S/C16H32N2/c1-15(2,3)7-5-11-18-12-6-9-16(14-18)8-4-10-17-13-16/h17H,4-14H2,1-3H3. The molecule has 2 aliphatic heterocycles. The third-order valence-electron chi connectivity index (χ3n) is 4.70. The molecule has 106 valence electrons. The number of nitrogens with one attached hydrogen (secondary N) is 1. The topological polar surface area (TPSA) is 15.3 Å². The highest BCUT2D eigenvalue weighted by Gasteiger charge is 2.36. The van der Waals surface area contributed by atoms with E-state index >= 15 is 0 Å². The molecule has 2 heterocycles. The fraction of sp³-hybridized carbons (Fsp3) is 1.00. The quantitative estimate of drug-likeness (QED) is 0.829. The van der Waals surface area contributed by atoms with E-state index in [2.05, 4.69) is 31.0 Å². The molecule has 2 saturated heterocycles. The second-order valence-electron chi connectivity index (χ2n) is 7.82. The van der Waals surface area contributed by atoms with E-state index in [9.17, 15) is 0 Å². The lowest BCUT2D eigenvalue weighted by molar-refractivity contribution is 0.0621. The summed E-state index contributed by atoms with van der Waals surface area (Å²) in [6, 6.07) is 0. The van der Waals surface area contributed by atoms with Crippen molar-refractivity contribution < 1.29 is 0 Å². The molecule has 0 aromatic heterocycles. The zero-order chi connectivity index (χ0) is 13.1. The van der Waals surface area contributed by atoms with Gasteiger partial charge in [-0.15, -0.1) is 0 Å². The van der Waals surface area contributed by atoms with Gasteiger partial charge in [0.2, 0.25) is 0 Å². The lowest BCUT2D eigenvalue weighted by Crippen LogP contribution is -2.51. The normalized spacial score (nSPS) is 30.8. The van der Waals surface area contributed by atoms with Gasteiger partial charge in [-0.3, -0.25) is 0 Å². The molecule has 1 unspecified atom stereocenters. The van der Waals surface area contributed by atoms with Gasteiger partial charge < -0.3 is 10.2 Å². The summed E-state index contributed by atoms with van der Waals surface area (Å²) in [5.74, 6) is 0. The fourth-order valence-electron chi connectivity index (χ4n) is 3.71. The van der Waals surface area contributed by atoms with Gasteiger partial charge in [0.1, 0.15) is 0 Å². The molecule has 2 fully saturated rings. The van der Waals surface area contributed by atoms with Crippen LogP contribution >= 0.6 is 0 Å². The van der Waals surface area contributed by atoms with Crippen molar-refractivity contribution in [2.45, 2.75) is 59.3 Å². The number of hydrogen-bond donors (Lipinski definition) is 1. The molecule has 18 heavy (non-hydrogen) atoms. The maximum Gasteiger partial charge on any atom is 0.00502 e. The highest BCUT2D eigenvalue weighted by Crippen LogP contribution is 2.36. The highest BCUT2D eigenvalue weighted by molar-refractivity contribution is 4.91. The molecule has 2 rings (SSSR count). The number of piperidine rings is 2. The van der Waals surface area contributed by atoms with Crippen molar-refractivity contribution in [3.8, 4) is 0 Å². The summed E-state index contributed by atoms with van der Waals surface area (Å²) in [6.07, 6.45) is 8.43. The summed E-state index contributed by atoms with van der Waals surface area (Å²) < 4.78 is 0. The van der Waals surface area contributed by atoms with E-state index in [-0.39, 0.29) is 0 Å². The van der Waals surface area contributed by atoms with Crippen molar-refractivity contribution in [3.63, 3.8) is 0 Å². The summed E-state index contributed by atoms with van der Waals surface area (Å²) in [6.45, 7) is 13.6. The van der Waals surface area contributed by atoms with Crippen LogP contribution in [0, 0.1) is 10.8 Å². The minimum Gasteiger partial charge on any atom is -0.316 e. The zero-order valence-electron chi connectivity index (χ0n) is 12.7. The van der Waals surface area contributed by atoms with Gasteiger partial charge in [0.05, 0.1) is 0 Å². The van der Waals surface area contributed by atoms with E-state index in [1.165, 1.54) is 71.2 Å². The van der Waals surface area contributed by atoms with Gasteiger partial charge in [-0.25, -0.2) is 0 Å². The minimum absolute atomic E-state index is 0.500. The SMILES string of the molecule is CC(C)(C)CCCN1CCCC2(CCCNC2)C1. The van der Waals surface area contributed by atoms with E-state index in [1.807, 2.05) is 0 Å². The third-order valence-corrected chi connectivity index (χ3v) is 4.70. The average Bonchev–Trinajstić information content (AvgIpc) is 2.28. The number of rotatable bonds is 3. The molecule has 0 radical (unpaired) electrons. The van der Waals surface area contributed by atoms with Gasteiger partial charge in [0.15, 0.2) is 0 Å². The molecule has 0 saturated carbocycles. The third kappa shape index (κ3) is 4.24. The van der Waals surface area contributed by atoms with Gasteiger partial charge in [-0.2, -0.15) is 0 Å². The van der Waals surface area contributed by atoms with Crippen molar-refractivity contribution >= 4 is 0 Å². The van der Waals surface area contributed by atoms with Crippen LogP contribution in [0.1, 0.15) is 59.3 Å². The molecular formula is C16H32N2. The predicted molar refractivity (Wildman–Crippen MR) is 78.9 cm³/mol. The fourth-order valence-corrected chi connectivity index (χ4v) is 3.71. The zero-order valence-corrected chi connectivity index (χ0v) is 12.7. The molecule has 2 nitrogen and oxygen atoms in total. The summed E-state index contributed by atoms with van der Waals surface area (Å²) >= 11 is 0. The molecule has 2 aliphatic rings. The van der Waals surface area contributed by atoms with E-state index in [1.54, 1.807) is 0 Å². The Bertz CT molecular complexity index is 243. The summed E-state index contributed by atoms with van der Waals surface area (Å²) in [4.78, 5) is 2.74. The first-order valence-electron chi connectivity index (χ1n) is 7.92. The molecule has 1 spiro atoms. The van der Waals surface area contributed by atoms with Crippen molar-refractivity contribution in [1.82, 2.24) is 10.2 Å². The molecule has 1 atom stereocenters. The Kier molecular flexibility index (Phi) is 4.71. The monoisotopic (exact) mass is 252 g/mol. The first-order chi connectivity index (χ1) is 8.49. The van der Waals surface area contributed by atoms with Gasteiger partial charge >= 0.3 is 0 Å². The second-order valence-corrected chi connectivity index (χ2v) is 7.82. The largest absolute Gasteiger partial charge is 0.316 e. The van der Waals surface area contributed by atoms with Crippen LogP contribution in [-0.2, 0) is 0 Å². The van der Waals surface area contributed by atoms with Crippen molar-refractivity contribution in [2.24, 2.45) is 10.8 Å². The maximum atomic E-state index is 3.62. The lowest BCUT2D eigenvalue weighted by atomic mass is 9.74. The second kappa shape index (κ2) is 5.92. The number of likely N-dealkylation sites (tertiary alicyclic amines) is 1. The molecular weight excluding hydrogens is 220 g/mol. The van der Waals surface area contributed by atoms with Crippen LogP contribution in [-0.4, -0.2) is 37.6 Å². The van der Waals surface area contributed by atoms with Crippen LogP contribution in [0.2, 0.25) is 0 Å². The van der Waals surface area contributed by atoms with Crippen molar-refractivity contribution in [2.75, 3.05) is 32.7 Å². The van der Waals surface area contributed by atoms with Crippen LogP contribution < -0.4 is 5.32 Å². The van der Waals surface area contributed by atoms with Crippen molar-refractivity contribution in [3.05, 3.63) is 0 Å². The molecule has 0 aliphatic carbocycles. The van der Waals surface area contributed by atoms with Gasteiger partial charge in [0, 0.05) is 13.1 Å². The first-order valence-corrected chi connectivity index (χ1v) is 7.92. The lowest BCUT2D eigenvalue weighted by Gasteiger charge is -2.45. The Labute approximate surface area is 114 Å². The average molecular weight is 252 g/mol. The molecule has 0 bridgehead atoms. The molecule has 1 N–H and O–H groups in total. The number of nitrogens with zero attached hydrogens (tertiary/aromatic N) is 1. The smallest absolute Gasteiger partial charge is 0.00502 e.